The van der Waals surface area contributed by atoms with Gasteiger partial charge in [0.2, 0.25) is 0 Å². The van der Waals surface area contributed by atoms with Gasteiger partial charge in [0.1, 0.15) is 12.1 Å². The highest BCUT2D eigenvalue weighted by Gasteiger charge is 2.32. The number of nitrogens with zero attached hydrogens (tertiary/aromatic N) is 2. The molecular formula is C26H28N2O2. The highest BCUT2D eigenvalue weighted by molar-refractivity contribution is 5.78. The summed E-state index contributed by atoms with van der Waals surface area (Å²) in [4.78, 5) is 17.9. The van der Waals surface area contributed by atoms with Crippen molar-refractivity contribution in [3.63, 3.8) is 0 Å². The standard InChI is InChI=1S/C26H28N2O2/c1-21(22-11-5-2-6-12-22)30-26(29)25(23-13-7-3-8-14-23)28-19-17-27(18-20-28)24-15-9-4-10-16-24/h2-16,21,25H,17-20H2,1H3/t21-,25?/m0/s1. The Morgan fingerprint density at radius 1 is 0.733 bits per heavy atom. The fourth-order valence-electron chi connectivity index (χ4n) is 4.04. The molecule has 30 heavy (non-hydrogen) atoms. The molecule has 154 valence electrons. The topological polar surface area (TPSA) is 32.8 Å². The van der Waals surface area contributed by atoms with Gasteiger partial charge in [-0.25, -0.2) is 4.79 Å². The van der Waals surface area contributed by atoms with E-state index in [2.05, 4.69) is 34.1 Å². The van der Waals surface area contributed by atoms with Gasteiger partial charge in [0, 0.05) is 31.9 Å². The van der Waals surface area contributed by atoms with Crippen molar-refractivity contribution in [3.8, 4) is 0 Å². The summed E-state index contributed by atoms with van der Waals surface area (Å²) in [7, 11) is 0. The molecule has 0 bridgehead atoms. The van der Waals surface area contributed by atoms with Gasteiger partial charge in [-0.2, -0.15) is 0 Å². The summed E-state index contributed by atoms with van der Waals surface area (Å²) in [6, 6.07) is 29.9. The molecular weight excluding hydrogens is 372 g/mol. The maximum atomic E-state index is 13.3. The molecule has 0 amide bonds. The van der Waals surface area contributed by atoms with E-state index >= 15 is 0 Å². The summed E-state index contributed by atoms with van der Waals surface area (Å²) in [5.41, 5.74) is 3.22. The second-order valence-electron chi connectivity index (χ2n) is 7.66. The SMILES string of the molecule is C[C@H](OC(=O)C(c1ccccc1)N1CCN(c2ccccc2)CC1)c1ccccc1. The number of benzene rings is 3. The third kappa shape index (κ3) is 4.71. The van der Waals surface area contributed by atoms with Gasteiger partial charge in [-0.1, -0.05) is 78.9 Å². The number of ether oxygens (including phenoxy) is 1. The van der Waals surface area contributed by atoms with Gasteiger partial charge >= 0.3 is 5.97 Å². The number of rotatable bonds is 6. The first-order chi connectivity index (χ1) is 14.7. The maximum absolute atomic E-state index is 13.3. The van der Waals surface area contributed by atoms with E-state index < -0.39 is 6.04 Å². The molecule has 4 heteroatoms. The molecule has 0 saturated carbocycles. The third-order valence-corrected chi connectivity index (χ3v) is 5.70. The van der Waals surface area contributed by atoms with Crippen LogP contribution in [0, 0.1) is 0 Å². The molecule has 2 atom stereocenters. The summed E-state index contributed by atoms with van der Waals surface area (Å²) < 4.78 is 5.92. The molecule has 0 spiro atoms. The quantitative estimate of drug-likeness (QED) is 0.554. The van der Waals surface area contributed by atoms with Crippen molar-refractivity contribution in [2.45, 2.75) is 19.1 Å². The normalized spacial score (nSPS) is 16.6. The number of anilines is 1. The average molecular weight is 401 g/mol. The van der Waals surface area contributed by atoms with E-state index in [9.17, 15) is 4.79 Å². The fraction of sp³-hybridized carbons (Fsp3) is 0.269. The van der Waals surface area contributed by atoms with Gasteiger partial charge in [0.25, 0.3) is 0 Å². The van der Waals surface area contributed by atoms with E-state index in [4.69, 9.17) is 4.74 Å². The number of esters is 1. The Balaban J connectivity index is 1.49. The number of hydrogen-bond acceptors (Lipinski definition) is 4. The summed E-state index contributed by atoms with van der Waals surface area (Å²) in [5, 5.41) is 0. The van der Waals surface area contributed by atoms with Crippen LogP contribution in [0.2, 0.25) is 0 Å². The van der Waals surface area contributed by atoms with Crippen molar-refractivity contribution in [1.82, 2.24) is 4.90 Å². The molecule has 1 unspecified atom stereocenters. The number of carbonyl (C=O) groups excluding carboxylic acids is 1. The van der Waals surface area contributed by atoms with Crippen LogP contribution in [0.5, 0.6) is 0 Å². The lowest BCUT2D eigenvalue weighted by molar-refractivity contribution is -0.155. The molecule has 0 aliphatic carbocycles. The number of hydrogen-bond donors (Lipinski definition) is 0. The number of para-hydroxylation sites is 1. The summed E-state index contributed by atoms with van der Waals surface area (Å²) in [5.74, 6) is -0.189. The van der Waals surface area contributed by atoms with Crippen LogP contribution in [0.3, 0.4) is 0 Å². The minimum Gasteiger partial charge on any atom is -0.456 e. The molecule has 3 aromatic carbocycles. The van der Waals surface area contributed by atoms with Crippen LogP contribution in [-0.2, 0) is 9.53 Å². The van der Waals surface area contributed by atoms with Gasteiger partial charge < -0.3 is 9.64 Å². The monoisotopic (exact) mass is 400 g/mol. The molecule has 1 aliphatic heterocycles. The minimum absolute atomic E-state index is 0.189. The molecule has 1 heterocycles. The second-order valence-corrected chi connectivity index (χ2v) is 7.66. The van der Waals surface area contributed by atoms with Gasteiger partial charge in [-0.05, 0) is 30.2 Å². The van der Waals surface area contributed by atoms with Crippen molar-refractivity contribution in [2.75, 3.05) is 31.1 Å². The predicted octanol–water partition coefficient (Wildman–Crippen LogP) is 4.85. The smallest absolute Gasteiger partial charge is 0.328 e. The third-order valence-electron chi connectivity index (χ3n) is 5.70. The molecule has 1 fully saturated rings. The minimum atomic E-state index is -0.393. The fourth-order valence-corrected chi connectivity index (χ4v) is 4.04. The first-order valence-electron chi connectivity index (χ1n) is 10.6. The Morgan fingerprint density at radius 2 is 1.23 bits per heavy atom. The highest BCUT2D eigenvalue weighted by Crippen LogP contribution is 2.28. The van der Waals surface area contributed by atoms with Crippen molar-refractivity contribution in [1.29, 1.82) is 0 Å². The first-order valence-corrected chi connectivity index (χ1v) is 10.6. The Kier molecular flexibility index (Phi) is 6.45. The molecule has 0 N–H and O–H groups in total. The summed E-state index contributed by atoms with van der Waals surface area (Å²) in [6.07, 6.45) is -0.282. The zero-order valence-electron chi connectivity index (χ0n) is 17.4. The molecule has 0 radical (unpaired) electrons. The van der Waals surface area contributed by atoms with Gasteiger partial charge in [0.15, 0.2) is 0 Å². The lowest BCUT2D eigenvalue weighted by Gasteiger charge is -2.39. The van der Waals surface area contributed by atoms with E-state index in [-0.39, 0.29) is 12.1 Å². The van der Waals surface area contributed by atoms with Crippen LogP contribution in [0.15, 0.2) is 91.0 Å². The van der Waals surface area contributed by atoms with Crippen LogP contribution in [0.4, 0.5) is 5.69 Å². The lowest BCUT2D eigenvalue weighted by atomic mass is 10.0. The Labute approximate surface area is 178 Å². The van der Waals surface area contributed by atoms with Crippen LogP contribution in [-0.4, -0.2) is 37.0 Å². The lowest BCUT2D eigenvalue weighted by Crippen LogP contribution is -2.49. The second kappa shape index (κ2) is 9.59. The van der Waals surface area contributed by atoms with E-state index in [0.717, 1.165) is 37.3 Å². The largest absolute Gasteiger partial charge is 0.456 e. The number of carbonyl (C=O) groups is 1. The molecule has 0 aromatic heterocycles. The van der Waals surface area contributed by atoms with Gasteiger partial charge in [-0.3, -0.25) is 4.90 Å². The zero-order chi connectivity index (χ0) is 20.8. The predicted molar refractivity (Wildman–Crippen MR) is 120 cm³/mol. The van der Waals surface area contributed by atoms with E-state index in [0.29, 0.717) is 0 Å². The summed E-state index contributed by atoms with van der Waals surface area (Å²) >= 11 is 0. The summed E-state index contributed by atoms with van der Waals surface area (Å²) in [6.45, 7) is 5.32. The molecule has 1 saturated heterocycles. The van der Waals surface area contributed by atoms with Crippen molar-refractivity contribution < 1.29 is 9.53 Å². The van der Waals surface area contributed by atoms with Crippen LogP contribution >= 0.6 is 0 Å². The average Bonchev–Trinajstić information content (AvgIpc) is 2.81. The van der Waals surface area contributed by atoms with Crippen molar-refractivity contribution in [2.24, 2.45) is 0 Å². The van der Waals surface area contributed by atoms with Gasteiger partial charge in [0.05, 0.1) is 0 Å². The maximum Gasteiger partial charge on any atom is 0.328 e. The molecule has 3 aromatic rings. The van der Waals surface area contributed by atoms with Gasteiger partial charge in [-0.15, -0.1) is 0 Å². The van der Waals surface area contributed by atoms with Crippen LogP contribution < -0.4 is 4.90 Å². The van der Waals surface area contributed by atoms with E-state index in [1.54, 1.807) is 0 Å². The molecule has 1 aliphatic rings. The van der Waals surface area contributed by atoms with Crippen LogP contribution in [0.25, 0.3) is 0 Å². The highest BCUT2D eigenvalue weighted by atomic mass is 16.5. The Morgan fingerprint density at radius 3 is 1.80 bits per heavy atom. The van der Waals surface area contributed by atoms with Crippen molar-refractivity contribution in [3.05, 3.63) is 102 Å². The molecule has 4 rings (SSSR count). The van der Waals surface area contributed by atoms with E-state index in [1.807, 2.05) is 73.7 Å². The Hall–Kier alpha value is -3.11. The molecule has 4 nitrogen and oxygen atoms in total. The first kappa shape index (κ1) is 20.2. The van der Waals surface area contributed by atoms with Crippen LogP contribution in [0.1, 0.15) is 30.2 Å². The Bertz CT molecular complexity index is 923. The number of piperazine rings is 1. The van der Waals surface area contributed by atoms with Crippen molar-refractivity contribution >= 4 is 11.7 Å². The zero-order valence-corrected chi connectivity index (χ0v) is 17.4. The van der Waals surface area contributed by atoms with E-state index in [1.165, 1.54) is 5.69 Å².